The number of hydrogen-bond acceptors (Lipinski definition) is 8. The number of benzene rings is 1. The number of anilines is 1. The Labute approximate surface area is 180 Å². The number of aryl methyl sites for hydroxylation is 1. The van der Waals surface area contributed by atoms with Gasteiger partial charge in [-0.15, -0.1) is 10.2 Å². The van der Waals surface area contributed by atoms with Gasteiger partial charge in [0.2, 0.25) is 5.91 Å². The molecule has 2 aromatic heterocycles. The summed E-state index contributed by atoms with van der Waals surface area (Å²) in [6.07, 6.45) is 0. The van der Waals surface area contributed by atoms with Crippen LogP contribution in [0.2, 0.25) is 5.02 Å². The van der Waals surface area contributed by atoms with Crippen molar-refractivity contribution >= 4 is 51.7 Å². The first-order valence-electron chi connectivity index (χ1n) is 8.61. The number of halogens is 1. The van der Waals surface area contributed by atoms with E-state index in [0.717, 1.165) is 16.9 Å². The van der Waals surface area contributed by atoms with E-state index in [-0.39, 0.29) is 18.3 Å². The van der Waals surface area contributed by atoms with E-state index in [4.69, 9.17) is 16.3 Å². The molecule has 1 amide bonds. The predicted molar refractivity (Wildman–Crippen MR) is 114 cm³/mol. The Balaban J connectivity index is 1.62. The second-order valence-corrected chi connectivity index (χ2v) is 8.24. The number of carbonyl (C=O) groups is 2. The number of rotatable bonds is 7. The number of nitrogens with one attached hydrogen (secondary N) is 1. The molecule has 2 heterocycles. The Morgan fingerprint density at radius 3 is 2.86 bits per heavy atom. The molecule has 0 radical (unpaired) electrons. The van der Waals surface area contributed by atoms with E-state index in [1.54, 1.807) is 30.5 Å². The van der Waals surface area contributed by atoms with E-state index in [0.29, 0.717) is 31.7 Å². The van der Waals surface area contributed by atoms with Crippen LogP contribution in [0, 0.1) is 6.92 Å². The molecule has 0 saturated heterocycles. The summed E-state index contributed by atoms with van der Waals surface area (Å²) in [6, 6.07) is 7.32. The van der Waals surface area contributed by atoms with Crippen molar-refractivity contribution in [2.45, 2.75) is 19.0 Å². The van der Waals surface area contributed by atoms with Gasteiger partial charge < -0.3 is 14.6 Å². The first-order valence-corrected chi connectivity index (χ1v) is 10.8. The number of thiazole rings is 1. The second kappa shape index (κ2) is 9.38. The van der Waals surface area contributed by atoms with Crippen molar-refractivity contribution in [3.8, 4) is 11.4 Å². The van der Waals surface area contributed by atoms with Gasteiger partial charge in [-0.2, -0.15) is 0 Å². The van der Waals surface area contributed by atoms with Crippen molar-refractivity contribution in [2.75, 3.05) is 17.7 Å². The van der Waals surface area contributed by atoms with Crippen LogP contribution in [0.3, 0.4) is 0 Å². The number of hydrogen-bond donors (Lipinski definition) is 1. The monoisotopic (exact) mass is 451 g/mol. The summed E-state index contributed by atoms with van der Waals surface area (Å²) in [4.78, 5) is 28.7. The zero-order valence-corrected chi connectivity index (χ0v) is 18.3. The molecule has 8 nitrogen and oxygen atoms in total. The van der Waals surface area contributed by atoms with Gasteiger partial charge in [0.1, 0.15) is 4.88 Å². The van der Waals surface area contributed by atoms with Crippen LogP contribution >= 0.6 is 34.7 Å². The molecule has 0 bridgehead atoms. The normalized spacial score (nSPS) is 10.8. The van der Waals surface area contributed by atoms with Gasteiger partial charge in [-0.05, 0) is 26.0 Å². The van der Waals surface area contributed by atoms with Crippen molar-refractivity contribution < 1.29 is 14.3 Å². The number of thioether (sulfide) groups is 1. The first kappa shape index (κ1) is 21.3. The van der Waals surface area contributed by atoms with E-state index < -0.39 is 5.97 Å². The lowest BCUT2D eigenvalue weighted by molar-refractivity contribution is -0.113. The van der Waals surface area contributed by atoms with Gasteiger partial charge in [-0.1, -0.05) is 46.8 Å². The highest BCUT2D eigenvalue weighted by atomic mass is 35.5. The zero-order valence-electron chi connectivity index (χ0n) is 15.9. The minimum absolute atomic E-state index is 0.120. The molecule has 0 saturated carbocycles. The van der Waals surface area contributed by atoms with Gasteiger partial charge in [-0.3, -0.25) is 4.79 Å². The average Bonchev–Trinajstić information content (AvgIpc) is 3.22. The van der Waals surface area contributed by atoms with E-state index in [2.05, 4.69) is 20.5 Å². The number of amides is 1. The summed E-state index contributed by atoms with van der Waals surface area (Å²) in [5.41, 5.74) is 1.37. The Hall–Kier alpha value is -2.43. The largest absolute Gasteiger partial charge is 0.462 e. The number of nitrogens with zero attached hydrogens (tertiary/aromatic N) is 4. The molecule has 29 heavy (non-hydrogen) atoms. The van der Waals surface area contributed by atoms with Crippen LogP contribution in [0.1, 0.15) is 22.3 Å². The summed E-state index contributed by atoms with van der Waals surface area (Å²) in [7, 11) is 1.83. The molecule has 152 valence electrons. The number of esters is 1. The minimum Gasteiger partial charge on any atom is -0.462 e. The third-order valence-corrected chi connectivity index (χ3v) is 6.06. The molecule has 1 aromatic carbocycles. The fraction of sp³-hybridized carbons (Fsp3) is 0.278. The van der Waals surface area contributed by atoms with Crippen molar-refractivity contribution in [2.24, 2.45) is 7.05 Å². The first-order chi connectivity index (χ1) is 13.9. The lowest BCUT2D eigenvalue weighted by Gasteiger charge is -2.04. The fourth-order valence-corrected chi connectivity index (χ4v) is 4.22. The second-order valence-electron chi connectivity index (χ2n) is 5.87. The Morgan fingerprint density at radius 2 is 2.14 bits per heavy atom. The third kappa shape index (κ3) is 5.14. The summed E-state index contributed by atoms with van der Waals surface area (Å²) in [6.45, 7) is 3.71. The standard InChI is InChI=1S/C18H18ClN5O3S2/c1-4-27-16(26)14-10(2)20-17(29-14)21-13(25)9-28-18-23-22-15(24(18)3)11-6-5-7-12(19)8-11/h5-8H,4,9H2,1-3H3,(H,20,21,25). The van der Waals surface area contributed by atoms with Crippen LogP contribution in [0.15, 0.2) is 29.4 Å². The maximum absolute atomic E-state index is 12.3. The minimum atomic E-state index is -0.440. The van der Waals surface area contributed by atoms with Gasteiger partial charge in [0.15, 0.2) is 16.1 Å². The van der Waals surface area contributed by atoms with Crippen LogP contribution in [0.4, 0.5) is 5.13 Å². The highest BCUT2D eigenvalue weighted by Gasteiger charge is 2.18. The molecule has 0 aliphatic rings. The Morgan fingerprint density at radius 1 is 1.34 bits per heavy atom. The van der Waals surface area contributed by atoms with Crippen LogP contribution in [-0.4, -0.2) is 44.0 Å². The topological polar surface area (TPSA) is 99.0 Å². The zero-order chi connectivity index (χ0) is 21.0. The van der Waals surface area contributed by atoms with Crippen molar-refractivity contribution in [3.63, 3.8) is 0 Å². The van der Waals surface area contributed by atoms with E-state index in [1.807, 2.05) is 19.2 Å². The van der Waals surface area contributed by atoms with Crippen molar-refractivity contribution in [3.05, 3.63) is 39.9 Å². The summed E-state index contributed by atoms with van der Waals surface area (Å²) >= 11 is 8.37. The summed E-state index contributed by atoms with van der Waals surface area (Å²) < 4.78 is 6.78. The summed E-state index contributed by atoms with van der Waals surface area (Å²) in [5.74, 6) is 0.0797. The molecule has 0 spiro atoms. The number of carbonyl (C=O) groups excluding carboxylic acids is 2. The van der Waals surface area contributed by atoms with Crippen LogP contribution < -0.4 is 5.32 Å². The molecule has 0 unspecified atom stereocenters. The molecule has 0 atom stereocenters. The number of aromatic nitrogens is 4. The smallest absolute Gasteiger partial charge is 0.350 e. The SMILES string of the molecule is CCOC(=O)c1sc(NC(=O)CSc2nnc(-c3cccc(Cl)c3)n2C)nc1C. The highest BCUT2D eigenvalue weighted by molar-refractivity contribution is 7.99. The molecule has 3 rings (SSSR count). The van der Waals surface area contributed by atoms with Gasteiger partial charge in [0.25, 0.3) is 0 Å². The lowest BCUT2D eigenvalue weighted by atomic mass is 10.2. The molecule has 0 fully saturated rings. The van der Waals surface area contributed by atoms with Gasteiger partial charge >= 0.3 is 5.97 Å². The summed E-state index contributed by atoms with van der Waals surface area (Å²) in [5, 5.41) is 12.6. The quantitative estimate of drug-likeness (QED) is 0.430. The van der Waals surface area contributed by atoms with Gasteiger partial charge in [-0.25, -0.2) is 9.78 Å². The molecule has 1 N–H and O–H groups in total. The number of ether oxygens (including phenoxy) is 1. The maximum atomic E-state index is 12.3. The maximum Gasteiger partial charge on any atom is 0.350 e. The Kier molecular flexibility index (Phi) is 6.88. The molecule has 0 aliphatic carbocycles. The Bertz CT molecular complexity index is 1050. The lowest BCUT2D eigenvalue weighted by Crippen LogP contribution is -2.14. The van der Waals surface area contributed by atoms with E-state index in [1.165, 1.54) is 11.8 Å². The third-order valence-electron chi connectivity index (χ3n) is 3.75. The highest BCUT2D eigenvalue weighted by Crippen LogP contribution is 2.26. The predicted octanol–water partition coefficient (Wildman–Crippen LogP) is 3.81. The molecule has 0 aliphatic heterocycles. The molecular formula is C18H18ClN5O3S2. The van der Waals surface area contributed by atoms with Gasteiger partial charge in [0, 0.05) is 17.6 Å². The average molecular weight is 452 g/mol. The molecule has 11 heteroatoms. The van der Waals surface area contributed by atoms with E-state index >= 15 is 0 Å². The molecule has 3 aromatic rings. The van der Waals surface area contributed by atoms with E-state index in [9.17, 15) is 9.59 Å². The van der Waals surface area contributed by atoms with Crippen molar-refractivity contribution in [1.29, 1.82) is 0 Å². The van der Waals surface area contributed by atoms with Crippen LogP contribution in [-0.2, 0) is 16.6 Å². The van der Waals surface area contributed by atoms with Crippen LogP contribution in [0.25, 0.3) is 11.4 Å². The van der Waals surface area contributed by atoms with Gasteiger partial charge in [0.05, 0.1) is 18.1 Å². The van der Waals surface area contributed by atoms with Crippen molar-refractivity contribution in [1.82, 2.24) is 19.7 Å². The molecular weight excluding hydrogens is 434 g/mol. The fourth-order valence-electron chi connectivity index (χ4n) is 2.44. The van der Waals surface area contributed by atoms with Crippen LogP contribution in [0.5, 0.6) is 0 Å².